The molecule has 0 aliphatic carbocycles. The van der Waals surface area contributed by atoms with E-state index < -0.39 is 0 Å². The van der Waals surface area contributed by atoms with Gasteiger partial charge in [-0.25, -0.2) is 0 Å². The van der Waals surface area contributed by atoms with Crippen molar-refractivity contribution in [1.82, 2.24) is 4.57 Å². The maximum Gasteiger partial charge on any atom is 0.119 e. The molecule has 160 valence electrons. The lowest BCUT2D eigenvalue weighted by Crippen LogP contribution is -1.98. The molecule has 1 heterocycles. The number of fused-ring (bicyclic) bond motifs is 7. The average Bonchev–Trinajstić information content (AvgIpc) is 3.13. The molecule has 0 bridgehead atoms. The van der Waals surface area contributed by atoms with Gasteiger partial charge < -0.3 is 9.30 Å². The molecular weight excluding hydrogens is 392 g/mol. The molecule has 32 heavy (non-hydrogen) atoms. The SMILES string of the molecule is CCCCCCOc1ccc2c(ccc3c4ccc5cc(C)ccc5c4n(CC#N)c23)c1. The highest BCUT2D eigenvalue weighted by atomic mass is 16.5. The Morgan fingerprint density at radius 3 is 2.12 bits per heavy atom. The second-order valence-corrected chi connectivity index (χ2v) is 8.68. The van der Waals surface area contributed by atoms with Gasteiger partial charge in [0.15, 0.2) is 0 Å². The van der Waals surface area contributed by atoms with E-state index in [1.54, 1.807) is 0 Å². The highest BCUT2D eigenvalue weighted by Crippen LogP contribution is 2.38. The van der Waals surface area contributed by atoms with E-state index in [4.69, 9.17) is 4.74 Å². The van der Waals surface area contributed by atoms with Crippen LogP contribution in [0, 0.1) is 18.3 Å². The highest BCUT2D eigenvalue weighted by molar-refractivity contribution is 6.23. The van der Waals surface area contributed by atoms with Crippen LogP contribution in [-0.2, 0) is 6.54 Å². The van der Waals surface area contributed by atoms with E-state index >= 15 is 0 Å². The molecule has 0 amide bonds. The number of aryl methyl sites for hydroxylation is 1. The van der Waals surface area contributed by atoms with Crippen molar-refractivity contribution < 1.29 is 4.74 Å². The maximum atomic E-state index is 9.66. The van der Waals surface area contributed by atoms with Gasteiger partial charge in [-0.1, -0.05) is 74.2 Å². The Morgan fingerprint density at radius 1 is 0.781 bits per heavy atom. The summed E-state index contributed by atoms with van der Waals surface area (Å²) in [6.45, 7) is 5.42. The zero-order valence-corrected chi connectivity index (χ0v) is 18.8. The number of nitrogens with zero attached hydrogens (tertiary/aromatic N) is 2. The fourth-order valence-electron chi connectivity index (χ4n) is 4.89. The Balaban J connectivity index is 1.67. The van der Waals surface area contributed by atoms with E-state index in [-0.39, 0.29) is 0 Å². The summed E-state index contributed by atoms with van der Waals surface area (Å²) in [5.74, 6) is 0.914. The van der Waals surface area contributed by atoms with Crippen LogP contribution in [0.25, 0.3) is 43.4 Å². The van der Waals surface area contributed by atoms with Crippen LogP contribution in [-0.4, -0.2) is 11.2 Å². The third-order valence-corrected chi connectivity index (χ3v) is 6.44. The lowest BCUT2D eigenvalue weighted by Gasteiger charge is -2.10. The first-order chi connectivity index (χ1) is 15.7. The largest absolute Gasteiger partial charge is 0.494 e. The molecule has 0 aliphatic rings. The Kier molecular flexibility index (Phi) is 5.45. The number of unbranched alkanes of at least 4 members (excludes halogenated alkanes) is 3. The van der Waals surface area contributed by atoms with Crippen LogP contribution in [0.3, 0.4) is 0 Å². The quantitative estimate of drug-likeness (QED) is 0.251. The summed E-state index contributed by atoms with van der Waals surface area (Å²) in [6.07, 6.45) is 4.80. The molecule has 4 aromatic carbocycles. The number of rotatable bonds is 7. The normalized spacial score (nSPS) is 11.5. The van der Waals surface area contributed by atoms with Crippen LogP contribution in [0.5, 0.6) is 5.75 Å². The van der Waals surface area contributed by atoms with Crippen LogP contribution in [0.4, 0.5) is 0 Å². The molecule has 0 aliphatic heterocycles. The smallest absolute Gasteiger partial charge is 0.119 e. The molecule has 0 radical (unpaired) electrons. The van der Waals surface area contributed by atoms with Gasteiger partial charge in [-0.05, 0) is 42.3 Å². The van der Waals surface area contributed by atoms with Gasteiger partial charge in [0.05, 0.1) is 23.7 Å². The zero-order chi connectivity index (χ0) is 22.1. The van der Waals surface area contributed by atoms with Gasteiger partial charge >= 0.3 is 0 Å². The van der Waals surface area contributed by atoms with Crippen LogP contribution in [0.15, 0.2) is 60.7 Å². The van der Waals surface area contributed by atoms with Gasteiger partial charge in [0, 0.05) is 21.5 Å². The van der Waals surface area contributed by atoms with E-state index in [0.717, 1.165) is 40.6 Å². The van der Waals surface area contributed by atoms with Crippen molar-refractivity contribution in [2.45, 2.75) is 46.1 Å². The van der Waals surface area contributed by atoms with E-state index in [0.29, 0.717) is 6.54 Å². The van der Waals surface area contributed by atoms with Crippen molar-refractivity contribution >= 4 is 43.4 Å². The fourth-order valence-corrected chi connectivity index (χ4v) is 4.89. The molecule has 5 rings (SSSR count). The standard InChI is InChI=1S/C29H28N2O/c1-3-4-5-6-17-32-23-10-14-25-22(19-23)9-13-27-26-12-8-21-18-20(2)7-11-24(21)28(26)31(16-15-30)29(25)27/h7-14,18-19H,3-6,16-17H2,1-2H3. The van der Waals surface area contributed by atoms with Gasteiger partial charge in [0.25, 0.3) is 0 Å². The fraction of sp³-hybridized carbons (Fsp3) is 0.276. The van der Waals surface area contributed by atoms with E-state index in [1.165, 1.54) is 46.4 Å². The summed E-state index contributed by atoms with van der Waals surface area (Å²) >= 11 is 0. The second kappa shape index (κ2) is 8.55. The predicted molar refractivity (Wildman–Crippen MR) is 134 cm³/mol. The maximum absolute atomic E-state index is 9.66. The van der Waals surface area contributed by atoms with Gasteiger partial charge in [-0.2, -0.15) is 5.26 Å². The van der Waals surface area contributed by atoms with Crippen molar-refractivity contribution in [3.8, 4) is 11.8 Å². The summed E-state index contributed by atoms with van der Waals surface area (Å²) < 4.78 is 8.21. The molecular formula is C29H28N2O. The van der Waals surface area contributed by atoms with Crippen LogP contribution in [0.2, 0.25) is 0 Å². The summed E-state index contributed by atoms with van der Waals surface area (Å²) in [6, 6.07) is 24.1. The lowest BCUT2D eigenvalue weighted by molar-refractivity contribution is 0.305. The zero-order valence-electron chi connectivity index (χ0n) is 18.8. The molecule has 5 aromatic rings. The molecule has 0 N–H and O–H groups in total. The average molecular weight is 421 g/mol. The molecule has 0 spiro atoms. The molecule has 0 unspecified atom stereocenters. The van der Waals surface area contributed by atoms with Gasteiger partial charge in [0.2, 0.25) is 0 Å². The van der Waals surface area contributed by atoms with Crippen molar-refractivity contribution in [3.63, 3.8) is 0 Å². The first-order valence-electron chi connectivity index (χ1n) is 11.6. The monoisotopic (exact) mass is 420 g/mol. The Bertz CT molecular complexity index is 1490. The first-order valence-corrected chi connectivity index (χ1v) is 11.6. The van der Waals surface area contributed by atoms with Gasteiger partial charge in [-0.15, -0.1) is 0 Å². The molecule has 0 saturated heterocycles. The molecule has 0 saturated carbocycles. The van der Waals surface area contributed by atoms with Crippen molar-refractivity contribution in [1.29, 1.82) is 5.26 Å². The second-order valence-electron chi connectivity index (χ2n) is 8.68. The van der Waals surface area contributed by atoms with Crippen LogP contribution >= 0.6 is 0 Å². The Labute approximate surface area is 188 Å². The lowest BCUT2D eigenvalue weighted by atomic mass is 10.0. The van der Waals surface area contributed by atoms with Crippen LogP contribution in [0.1, 0.15) is 38.2 Å². The molecule has 3 nitrogen and oxygen atoms in total. The third-order valence-electron chi connectivity index (χ3n) is 6.44. The summed E-state index contributed by atoms with van der Waals surface area (Å²) in [4.78, 5) is 0. The molecule has 3 heteroatoms. The molecule has 1 aromatic heterocycles. The van der Waals surface area contributed by atoms with E-state index in [2.05, 4.69) is 85.1 Å². The first kappa shape index (κ1) is 20.4. The summed E-state index contributed by atoms with van der Waals surface area (Å²) in [5.41, 5.74) is 3.51. The minimum absolute atomic E-state index is 0.321. The van der Waals surface area contributed by atoms with Gasteiger partial charge in [-0.3, -0.25) is 0 Å². The summed E-state index contributed by atoms with van der Waals surface area (Å²) in [5, 5.41) is 16.8. The minimum Gasteiger partial charge on any atom is -0.494 e. The number of hydrogen-bond donors (Lipinski definition) is 0. The Morgan fingerprint density at radius 2 is 1.44 bits per heavy atom. The van der Waals surface area contributed by atoms with Crippen molar-refractivity contribution in [3.05, 3.63) is 66.2 Å². The predicted octanol–water partition coefficient (Wildman–Crippen LogP) is 7.89. The van der Waals surface area contributed by atoms with Crippen molar-refractivity contribution in [2.24, 2.45) is 0 Å². The summed E-state index contributed by atoms with van der Waals surface area (Å²) in [7, 11) is 0. The Hall–Kier alpha value is -3.51. The number of nitriles is 1. The molecule has 0 fully saturated rings. The number of aromatic nitrogens is 1. The number of hydrogen-bond acceptors (Lipinski definition) is 2. The highest BCUT2D eigenvalue weighted by Gasteiger charge is 2.16. The molecule has 0 atom stereocenters. The third kappa shape index (κ3) is 3.46. The number of benzene rings is 4. The van der Waals surface area contributed by atoms with Crippen molar-refractivity contribution in [2.75, 3.05) is 6.61 Å². The van der Waals surface area contributed by atoms with Crippen LogP contribution < -0.4 is 4.74 Å². The van der Waals surface area contributed by atoms with E-state index in [1.807, 2.05) is 0 Å². The number of ether oxygens (including phenoxy) is 1. The van der Waals surface area contributed by atoms with E-state index in [9.17, 15) is 5.26 Å². The topological polar surface area (TPSA) is 38.0 Å². The van der Waals surface area contributed by atoms with Gasteiger partial charge in [0.1, 0.15) is 12.3 Å². The minimum atomic E-state index is 0.321.